The Morgan fingerprint density at radius 3 is 2.75 bits per heavy atom. The first kappa shape index (κ1) is 19.0. The minimum Gasteiger partial charge on any atom is -0.464 e. The van der Waals surface area contributed by atoms with Gasteiger partial charge in [0.2, 0.25) is 0 Å². The van der Waals surface area contributed by atoms with E-state index in [9.17, 15) is 18.0 Å². The lowest BCUT2D eigenvalue weighted by Crippen LogP contribution is -2.42. The van der Waals surface area contributed by atoms with Crippen molar-refractivity contribution < 1.29 is 27.2 Å². The molecule has 1 N–H and O–H groups in total. The maximum absolute atomic E-state index is 12.3. The van der Waals surface area contributed by atoms with E-state index in [1.54, 1.807) is 6.26 Å². The van der Waals surface area contributed by atoms with Crippen molar-refractivity contribution in [3.63, 3.8) is 0 Å². The Balaban J connectivity index is 1.36. The van der Waals surface area contributed by atoms with E-state index < -0.39 is 33.9 Å². The molecule has 1 saturated heterocycles. The highest BCUT2D eigenvalue weighted by Gasteiger charge is 2.30. The van der Waals surface area contributed by atoms with Gasteiger partial charge in [0.15, 0.2) is 15.9 Å². The normalized spacial score (nSPS) is 21.4. The molecule has 1 aliphatic carbocycles. The van der Waals surface area contributed by atoms with Gasteiger partial charge in [-0.05, 0) is 55.9 Å². The van der Waals surface area contributed by atoms with Crippen molar-refractivity contribution in [2.45, 2.75) is 51.2 Å². The molecule has 2 aromatic rings. The molecule has 1 aromatic heterocycles. The number of fused-ring (bicyclic) bond motifs is 2. The first-order valence-electron chi connectivity index (χ1n) is 9.53. The summed E-state index contributed by atoms with van der Waals surface area (Å²) in [4.78, 5) is 24.5. The van der Waals surface area contributed by atoms with E-state index in [1.807, 2.05) is 6.07 Å². The number of rotatable bonds is 5. The van der Waals surface area contributed by atoms with Gasteiger partial charge in [0, 0.05) is 17.0 Å². The molecule has 28 heavy (non-hydrogen) atoms. The monoisotopic (exact) mass is 405 g/mol. The van der Waals surface area contributed by atoms with E-state index in [0.29, 0.717) is 6.42 Å². The lowest BCUT2D eigenvalue weighted by molar-refractivity contribution is -0.154. The summed E-state index contributed by atoms with van der Waals surface area (Å²) >= 11 is 0. The van der Waals surface area contributed by atoms with Crippen molar-refractivity contribution in [3.05, 3.63) is 35.1 Å². The molecule has 0 radical (unpaired) electrons. The number of esters is 1. The third-order valence-electron chi connectivity index (χ3n) is 5.46. The van der Waals surface area contributed by atoms with Crippen molar-refractivity contribution in [1.82, 2.24) is 5.32 Å². The summed E-state index contributed by atoms with van der Waals surface area (Å²) in [5.41, 5.74) is 4.10. The highest BCUT2D eigenvalue weighted by atomic mass is 32.2. The number of ether oxygens (including phenoxy) is 1. The quantitative estimate of drug-likeness (QED) is 0.760. The molecule has 4 rings (SSSR count). The number of nitrogens with one attached hydrogen (secondary N) is 1. The standard InChI is InChI=1S/C20H23NO6S/c1-12(20(23)21-16-5-6-28(24,25)11-16)27-19(22)9-15-10-26-18-8-14-4-2-3-13(14)7-17(15)18/h7-8,10,12,16H,2-6,9,11H2,1H3,(H,21,23)/t12-,16+/m1/s1. The van der Waals surface area contributed by atoms with E-state index in [-0.39, 0.29) is 17.9 Å². The van der Waals surface area contributed by atoms with Crippen LogP contribution in [0.4, 0.5) is 0 Å². The van der Waals surface area contributed by atoms with Crippen LogP contribution in [0.1, 0.15) is 36.5 Å². The Kier molecular flexibility index (Phi) is 4.91. The zero-order valence-electron chi connectivity index (χ0n) is 15.7. The second-order valence-electron chi connectivity index (χ2n) is 7.65. The fourth-order valence-corrected chi connectivity index (χ4v) is 5.63. The maximum atomic E-state index is 12.3. The Hall–Kier alpha value is -2.35. The van der Waals surface area contributed by atoms with Gasteiger partial charge < -0.3 is 14.5 Å². The van der Waals surface area contributed by atoms with Crippen LogP contribution in [0.3, 0.4) is 0 Å². The molecule has 0 bridgehead atoms. The van der Waals surface area contributed by atoms with Crippen molar-refractivity contribution in [2.75, 3.05) is 11.5 Å². The molecule has 2 heterocycles. The minimum atomic E-state index is -3.08. The summed E-state index contributed by atoms with van der Waals surface area (Å²) in [6, 6.07) is 3.71. The number of benzene rings is 1. The maximum Gasteiger partial charge on any atom is 0.311 e. The van der Waals surface area contributed by atoms with Gasteiger partial charge in [-0.2, -0.15) is 0 Å². The van der Waals surface area contributed by atoms with Gasteiger partial charge in [-0.15, -0.1) is 0 Å². The molecular formula is C20H23NO6S. The summed E-state index contributed by atoms with van der Waals surface area (Å²) in [7, 11) is -3.08. The van der Waals surface area contributed by atoms with Crippen LogP contribution < -0.4 is 5.32 Å². The van der Waals surface area contributed by atoms with Gasteiger partial charge in [-0.25, -0.2) is 8.42 Å². The first-order valence-corrected chi connectivity index (χ1v) is 11.3. The molecular weight excluding hydrogens is 382 g/mol. The molecule has 0 saturated carbocycles. The molecule has 1 fully saturated rings. The predicted molar refractivity (Wildman–Crippen MR) is 103 cm³/mol. The topological polar surface area (TPSA) is 103 Å². The van der Waals surface area contributed by atoms with Crippen LogP contribution in [0.2, 0.25) is 0 Å². The molecule has 8 heteroatoms. The molecule has 150 valence electrons. The van der Waals surface area contributed by atoms with Gasteiger partial charge in [0.25, 0.3) is 5.91 Å². The molecule has 1 aromatic carbocycles. The number of carbonyl (C=O) groups excluding carboxylic acids is 2. The zero-order valence-corrected chi connectivity index (χ0v) is 16.5. The molecule has 7 nitrogen and oxygen atoms in total. The Labute approximate surface area is 163 Å². The summed E-state index contributed by atoms with van der Waals surface area (Å²) in [5.74, 6) is -0.996. The average Bonchev–Trinajstić information content (AvgIpc) is 3.32. The van der Waals surface area contributed by atoms with E-state index >= 15 is 0 Å². The Morgan fingerprint density at radius 2 is 2.04 bits per heavy atom. The number of hydrogen-bond acceptors (Lipinski definition) is 6. The minimum absolute atomic E-state index is 0.0151. The summed E-state index contributed by atoms with van der Waals surface area (Å²) in [6.45, 7) is 1.48. The molecule has 0 unspecified atom stereocenters. The van der Waals surface area contributed by atoms with Crippen LogP contribution in [0.25, 0.3) is 11.0 Å². The van der Waals surface area contributed by atoms with Crippen LogP contribution in [0.15, 0.2) is 22.8 Å². The van der Waals surface area contributed by atoms with E-state index in [4.69, 9.17) is 9.15 Å². The van der Waals surface area contributed by atoms with E-state index in [1.165, 1.54) is 18.1 Å². The highest BCUT2D eigenvalue weighted by Crippen LogP contribution is 2.30. The fourth-order valence-electron chi connectivity index (χ4n) is 3.96. The van der Waals surface area contributed by atoms with Crippen molar-refractivity contribution in [3.8, 4) is 0 Å². The summed E-state index contributed by atoms with van der Waals surface area (Å²) < 4.78 is 33.8. The highest BCUT2D eigenvalue weighted by molar-refractivity contribution is 7.91. The molecule has 0 spiro atoms. The average molecular weight is 405 g/mol. The molecule has 1 amide bonds. The molecule has 2 atom stereocenters. The van der Waals surface area contributed by atoms with Crippen LogP contribution in [0.5, 0.6) is 0 Å². The largest absolute Gasteiger partial charge is 0.464 e. The number of carbonyl (C=O) groups is 2. The van der Waals surface area contributed by atoms with Crippen molar-refractivity contribution in [1.29, 1.82) is 0 Å². The first-order chi connectivity index (χ1) is 13.3. The second kappa shape index (κ2) is 7.24. The van der Waals surface area contributed by atoms with Crippen molar-refractivity contribution in [2.24, 2.45) is 0 Å². The van der Waals surface area contributed by atoms with E-state index in [2.05, 4.69) is 11.4 Å². The third-order valence-corrected chi connectivity index (χ3v) is 7.23. The Bertz CT molecular complexity index is 1040. The van der Waals surface area contributed by atoms with Crippen molar-refractivity contribution >= 4 is 32.7 Å². The number of furan rings is 1. The molecule has 2 aliphatic rings. The molecule has 1 aliphatic heterocycles. The van der Waals surface area contributed by atoms with Crippen LogP contribution in [-0.2, 0) is 43.4 Å². The van der Waals surface area contributed by atoms with Gasteiger partial charge in [-0.3, -0.25) is 9.59 Å². The SMILES string of the molecule is C[C@@H](OC(=O)Cc1coc2cc3c(cc12)CCC3)C(=O)N[C@H]1CCS(=O)(=O)C1. The van der Waals surface area contributed by atoms with Gasteiger partial charge in [0.1, 0.15) is 5.58 Å². The van der Waals surface area contributed by atoms with Crippen LogP contribution >= 0.6 is 0 Å². The van der Waals surface area contributed by atoms with E-state index in [0.717, 1.165) is 35.8 Å². The number of amides is 1. The smallest absolute Gasteiger partial charge is 0.311 e. The van der Waals surface area contributed by atoms with Crippen LogP contribution in [0, 0.1) is 0 Å². The summed E-state index contributed by atoms with van der Waals surface area (Å²) in [5, 5.41) is 3.55. The number of aryl methyl sites for hydroxylation is 2. The lowest BCUT2D eigenvalue weighted by atomic mass is 10.0. The van der Waals surface area contributed by atoms with Crippen LogP contribution in [-0.4, -0.2) is 43.9 Å². The number of hydrogen-bond donors (Lipinski definition) is 1. The van der Waals surface area contributed by atoms with Gasteiger partial charge in [0.05, 0.1) is 24.2 Å². The Morgan fingerprint density at radius 1 is 1.29 bits per heavy atom. The van der Waals surface area contributed by atoms with Gasteiger partial charge >= 0.3 is 5.97 Å². The predicted octanol–water partition coefficient (Wildman–Crippen LogP) is 1.70. The number of sulfone groups is 1. The second-order valence-corrected chi connectivity index (χ2v) is 9.88. The lowest BCUT2D eigenvalue weighted by Gasteiger charge is -2.16. The summed E-state index contributed by atoms with van der Waals surface area (Å²) in [6.07, 6.45) is 4.20. The zero-order chi connectivity index (χ0) is 19.9. The fraction of sp³-hybridized carbons (Fsp3) is 0.500. The third kappa shape index (κ3) is 3.92. The van der Waals surface area contributed by atoms with Gasteiger partial charge in [-0.1, -0.05) is 0 Å².